The van der Waals surface area contributed by atoms with E-state index in [2.05, 4.69) is 11.9 Å². The van der Waals surface area contributed by atoms with Gasteiger partial charge in [-0.1, -0.05) is 39.0 Å². The zero-order chi connectivity index (χ0) is 14.4. The predicted molar refractivity (Wildman–Crippen MR) is 78.0 cm³/mol. The number of carbonyl (C=O) groups is 1. The van der Waals surface area contributed by atoms with Crippen molar-refractivity contribution in [2.24, 2.45) is 0 Å². The first-order valence-electron chi connectivity index (χ1n) is 7.33. The smallest absolute Gasteiger partial charge is 0.335 e. The number of unbranched alkanes of at least 4 members (excludes halogenated alkanes) is 5. The van der Waals surface area contributed by atoms with Gasteiger partial charge >= 0.3 is 5.97 Å². The zero-order valence-electron chi connectivity index (χ0n) is 11.9. The fourth-order valence-electron chi connectivity index (χ4n) is 2.27. The third-order valence-electron chi connectivity index (χ3n) is 3.42. The van der Waals surface area contributed by atoms with E-state index in [0.29, 0.717) is 11.5 Å². The van der Waals surface area contributed by atoms with E-state index in [-0.39, 0.29) is 5.56 Å². The summed E-state index contributed by atoms with van der Waals surface area (Å²) < 4.78 is 5.61. The molecule has 1 aromatic carbocycles. The molecule has 20 heavy (non-hydrogen) atoms. The highest BCUT2D eigenvalue weighted by atomic mass is 16.4. The third kappa shape index (κ3) is 3.83. The highest BCUT2D eigenvalue weighted by Gasteiger charge is 2.09. The molecule has 2 aromatic rings. The van der Waals surface area contributed by atoms with Crippen LogP contribution in [0, 0.1) is 0 Å². The maximum Gasteiger partial charge on any atom is 0.335 e. The van der Waals surface area contributed by atoms with Crippen LogP contribution in [0.4, 0.5) is 0 Å². The molecule has 1 heterocycles. The van der Waals surface area contributed by atoms with Crippen LogP contribution in [0.15, 0.2) is 22.6 Å². The van der Waals surface area contributed by atoms with Crippen LogP contribution in [0.1, 0.15) is 61.7 Å². The molecule has 0 bridgehead atoms. The number of carboxylic acids is 1. The van der Waals surface area contributed by atoms with Gasteiger partial charge in [-0.05, 0) is 24.6 Å². The number of hydrogen-bond acceptors (Lipinski definition) is 3. The normalized spacial score (nSPS) is 11.1. The minimum absolute atomic E-state index is 0.236. The zero-order valence-corrected chi connectivity index (χ0v) is 11.9. The van der Waals surface area contributed by atoms with E-state index in [1.165, 1.54) is 38.2 Å². The van der Waals surface area contributed by atoms with E-state index < -0.39 is 5.97 Å². The van der Waals surface area contributed by atoms with Gasteiger partial charge in [0.05, 0.1) is 5.56 Å². The average molecular weight is 275 g/mol. The first-order valence-corrected chi connectivity index (χ1v) is 7.33. The maximum absolute atomic E-state index is 10.9. The molecule has 0 saturated heterocycles. The van der Waals surface area contributed by atoms with Gasteiger partial charge in [-0.25, -0.2) is 9.78 Å². The number of carboxylic acid groups (broad SMARTS) is 1. The number of rotatable bonds is 8. The summed E-state index contributed by atoms with van der Waals surface area (Å²) in [6.07, 6.45) is 8.21. The molecule has 0 unspecified atom stereocenters. The van der Waals surface area contributed by atoms with Crippen molar-refractivity contribution in [1.29, 1.82) is 0 Å². The largest absolute Gasteiger partial charge is 0.478 e. The molecular weight excluding hydrogens is 254 g/mol. The number of aromatic nitrogens is 1. The van der Waals surface area contributed by atoms with Gasteiger partial charge in [0.2, 0.25) is 0 Å². The van der Waals surface area contributed by atoms with Crippen LogP contribution in [0.5, 0.6) is 0 Å². The van der Waals surface area contributed by atoms with Gasteiger partial charge in [-0.2, -0.15) is 0 Å². The van der Waals surface area contributed by atoms with E-state index in [0.717, 1.165) is 18.4 Å². The lowest BCUT2D eigenvalue weighted by molar-refractivity contribution is 0.0697. The van der Waals surface area contributed by atoms with Crippen LogP contribution >= 0.6 is 0 Å². The van der Waals surface area contributed by atoms with Crippen molar-refractivity contribution in [2.75, 3.05) is 0 Å². The molecule has 1 aromatic heterocycles. The van der Waals surface area contributed by atoms with Crippen LogP contribution in [-0.2, 0) is 6.42 Å². The molecule has 0 radical (unpaired) electrons. The van der Waals surface area contributed by atoms with E-state index in [1.54, 1.807) is 12.1 Å². The van der Waals surface area contributed by atoms with Gasteiger partial charge in [0.15, 0.2) is 11.5 Å². The number of fused-ring (bicyclic) bond motifs is 1. The van der Waals surface area contributed by atoms with Crippen LogP contribution < -0.4 is 0 Å². The van der Waals surface area contributed by atoms with Crippen molar-refractivity contribution in [1.82, 2.24) is 4.98 Å². The molecule has 4 heteroatoms. The van der Waals surface area contributed by atoms with Crippen LogP contribution in [0.3, 0.4) is 0 Å². The molecule has 1 N–H and O–H groups in total. The van der Waals surface area contributed by atoms with E-state index in [4.69, 9.17) is 9.52 Å². The van der Waals surface area contributed by atoms with Crippen molar-refractivity contribution in [2.45, 2.75) is 51.9 Å². The van der Waals surface area contributed by atoms with Gasteiger partial charge < -0.3 is 9.52 Å². The van der Waals surface area contributed by atoms with Crippen molar-refractivity contribution in [3.05, 3.63) is 29.7 Å². The van der Waals surface area contributed by atoms with Crippen molar-refractivity contribution in [3.63, 3.8) is 0 Å². The number of oxazole rings is 1. The quantitative estimate of drug-likeness (QED) is 0.724. The summed E-state index contributed by atoms with van der Waals surface area (Å²) in [5.41, 5.74) is 1.53. The topological polar surface area (TPSA) is 63.3 Å². The fourth-order valence-corrected chi connectivity index (χ4v) is 2.27. The summed E-state index contributed by atoms with van der Waals surface area (Å²) in [6, 6.07) is 4.80. The average Bonchev–Trinajstić information content (AvgIpc) is 2.84. The highest BCUT2D eigenvalue weighted by Crippen LogP contribution is 2.19. The van der Waals surface area contributed by atoms with E-state index >= 15 is 0 Å². The fraction of sp³-hybridized carbons (Fsp3) is 0.500. The van der Waals surface area contributed by atoms with Gasteiger partial charge in [0.25, 0.3) is 0 Å². The summed E-state index contributed by atoms with van der Waals surface area (Å²) in [5, 5.41) is 8.93. The molecule has 0 fully saturated rings. The summed E-state index contributed by atoms with van der Waals surface area (Å²) in [7, 11) is 0. The SMILES string of the molecule is CCCCCCCCc1nc2ccc(C(=O)O)cc2o1. The minimum Gasteiger partial charge on any atom is -0.478 e. The monoisotopic (exact) mass is 275 g/mol. The molecule has 0 aliphatic carbocycles. The van der Waals surface area contributed by atoms with Gasteiger partial charge in [0.1, 0.15) is 5.52 Å². The van der Waals surface area contributed by atoms with Gasteiger partial charge in [-0.3, -0.25) is 0 Å². The molecular formula is C16H21NO3. The second-order valence-corrected chi connectivity index (χ2v) is 5.11. The first-order chi connectivity index (χ1) is 9.70. The van der Waals surface area contributed by atoms with Crippen LogP contribution in [-0.4, -0.2) is 16.1 Å². The standard InChI is InChI=1S/C16H21NO3/c1-2-3-4-5-6-7-8-15-17-13-10-9-12(16(18)19)11-14(13)20-15/h9-11H,2-8H2,1H3,(H,18,19). The van der Waals surface area contributed by atoms with Crippen molar-refractivity contribution in [3.8, 4) is 0 Å². The lowest BCUT2D eigenvalue weighted by atomic mass is 10.1. The summed E-state index contributed by atoms with van der Waals surface area (Å²) in [5.74, 6) is -0.237. The van der Waals surface area contributed by atoms with Crippen molar-refractivity contribution < 1.29 is 14.3 Å². The summed E-state index contributed by atoms with van der Waals surface area (Å²) in [6.45, 7) is 2.21. The van der Waals surface area contributed by atoms with Crippen molar-refractivity contribution >= 4 is 17.1 Å². The Morgan fingerprint density at radius 2 is 1.95 bits per heavy atom. The molecule has 4 nitrogen and oxygen atoms in total. The molecule has 0 aliphatic heterocycles. The molecule has 2 rings (SSSR count). The highest BCUT2D eigenvalue weighted by molar-refractivity contribution is 5.91. The molecule has 0 atom stereocenters. The number of aryl methyl sites for hydroxylation is 1. The lowest BCUT2D eigenvalue weighted by Crippen LogP contribution is -1.94. The molecule has 108 valence electrons. The van der Waals surface area contributed by atoms with E-state index in [1.807, 2.05) is 0 Å². The number of benzene rings is 1. The Bertz CT molecular complexity index is 574. The van der Waals surface area contributed by atoms with Gasteiger partial charge in [-0.15, -0.1) is 0 Å². The second kappa shape index (κ2) is 7.08. The van der Waals surface area contributed by atoms with Crippen LogP contribution in [0.2, 0.25) is 0 Å². The molecule has 0 amide bonds. The Labute approximate surface area is 118 Å². The Morgan fingerprint density at radius 3 is 2.70 bits per heavy atom. The predicted octanol–water partition coefficient (Wildman–Crippen LogP) is 4.43. The number of nitrogens with zero attached hydrogens (tertiary/aromatic N) is 1. The van der Waals surface area contributed by atoms with E-state index in [9.17, 15) is 4.79 Å². The maximum atomic E-state index is 10.9. The lowest BCUT2D eigenvalue weighted by Gasteiger charge is -1.98. The summed E-state index contributed by atoms with van der Waals surface area (Å²) >= 11 is 0. The Balaban J connectivity index is 1.89. The molecule has 0 aliphatic rings. The Morgan fingerprint density at radius 1 is 1.20 bits per heavy atom. The number of aromatic carboxylic acids is 1. The molecule has 0 spiro atoms. The second-order valence-electron chi connectivity index (χ2n) is 5.11. The number of hydrogen-bond donors (Lipinski definition) is 1. The third-order valence-corrected chi connectivity index (χ3v) is 3.42. The Kier molecular flexibility index (Phi) is 5.16. The van der Waals surface area contributed by atoms with Gasteiger partial charge in [0, 0.05) is 6.42 Å². The minimum atomic E-state index is -0.944. The first kappa shape index (κ1) is 14.6. The van der Waals surface area contributed by atoms with Crippen LogP contribution in [0.25, 0.3) is 11.1 Å². The Hall–Kier alpha value is -1.84. The summed E-state index contributed by atoms with van der Waals surface area (Å²) in [4.78, 5) is 15.3. The molecule has 0 saturated carbocycles.